The first-order valence-corrected chi connectivity index (χ1v) is 30.0. The molecule has 12 heteroatoms. The molecule has 0 spiro atoms. The molecule has 0 aromatic carbocycles. The smallest absolute Gasteiger partial charge is 0.176 e. The van der Waals surface area contributed by atoms with Crippen LogP contribution in [0.5, 0.6) is 0 Å². The Labute approximate surface area is 458 Å². The maximum absolute atomic E-state index is 12.3. The van der Waals surface area contributed by atoms with E-state index < -0.39 is 0 Å². The molecule has 0 aliphatic carbocycles. The largest absolute Gasteiger partial charge is 0.472 e. The van der Waals surface area contributed by atoms with Gasteiger partial charge in [0, 0.05) is 41.5 Å². The predicted octanol–water partition coefficient (Wildman–Crippen LogP) is 22.7. The Morgan fingerprint density at radius 3 is 1.37 bits per heavy atom. The number of rotatable bonds is 9. The SMILES string of the molecule is CC(=O)c1ccc(C(C)C)s1.CC(C)c1ccc(Cl)s1.CC(C)c1ccc(F)s1.CC(C)c1cccs1.CC(C)c1ccoc1.CC(C)c1ccsc1.Cc1ccc(C(C)C)s1.Cc1cn(C(C)C)cn1. The van der Waals surface area contributed by atoms with Crippen molar-refractivity contribution in [1.82, 2.24) is 9.55 Å². The third-order valence-corrected chi connectivity index (χ3v) is 17.4. The molecule has 0 N–H and O–H groups in total. The topological polar surface area (TPSA) is 48.0 Å². The number of nitrogens with zero attached hydrogens (tertiary/aromatic N) is 2. The lowest BCUT2D eigenvalue weighted by Crippen LogP contribution is -1.95. The highest BCUT2D eigenvalue weighted by molar-refractivity contribution is 7.16. The molecule has 0 aliphatic heterocycles. The van der Waals surface area contributed by atoms with Crippen molar-refractivity contribution in [3.8, 4) is 0 Å². The van der Waals surface area contributed by atoms with Crippen LogP contribution < -0.4 is 0 Å². The van der Waals surface area contributed by atoms with Gasteiger partial charge in [-0.3, -0.25) is 4.79 Å². The standard InChI is InChI=1S/C9H12OS.C8H12S.C7H9ClS.C7H9FS.C7H12N2.C7H10O.2C7H10S/c1-6(2)8-4-5-9(11-8)7(3)10;1-6(2)8-5-4-7(3)9-8;2*1-5(2)6-3-4-7(8)9-6;1-6(2)9-4-7(3)8-5-9;2*1-6(2)7-3-4-8-5-7;1-6(2)7-4-3-5-8-7/h4-6H,1-3H3;4-6H,1-3H3;2*3-5H,1-2H3;4-6H,1-3H3;3*3-6H,1-2H3. The highest BCUT2D eigenvalue weighted by Crippen LogP contribution is 2.28. The van der Waals surface area contributed by atoms with Crippen LogP contribution in [0.15, 0.2) is 118 Å². The lowest BCUT2D eigenvalue weighted by atomic mass is 10.1. The number of aromatic nitrogens is 2. The maximum Gasteiger partial charge on any atom is 0.176 e. The van der Waals surface area contributed by atoms with E-state index in [1.54, 1.807) is 53.5 Å². The molecule has 8 aromatic heterocycles. The van der Waals surface area contributed by atoms with Crippen LogP contribution in [0.1, 0.15) is 221 Å². The Morgan fingerprint density at radius 2 is 1.13 bits per heavy atom. The van der Waals surface area contributed by atoms with Gasteiger partial charge in [0.25, 0.3) is 0 Å². The number of hydrogen-bond acceptors (Lipinski definition) is 9. The molecular formula is C59H84ClFN2O2S6. The van der Waals surface area contributed by atoms with Gasteiger partial charge in [-0.1, -0.05) is 115 Å². The fraction of sp³-hybridized carbons (Fsp3) is 0.458. The summed E-state index contributed by atoms with van der Waals surface area (Å²) < 4.78 is 20.2. The van der Waals surface area contributed by atoms with Gasteiger partial charge in [0.05, 0.1) is 33.8 Å². The van der Waals surface area contributed by atoms with Crippen LogP contribution >= 0.6 is 79.6 Å². The minimum absolute atomic E-state index is 0.0845. The number of ketones is 1. The third kappa shape index (κ3) is 28.6. The van der Waals surface area contributed by atoms with E-state index in [9.17, 15) is 9.18 Å². The van der Waals surface area contributed by atoms with Gasteiger partial charge in [-0.15, -0.1) is 56.7 Å². The van der Waals surface area contributed by atoms with Crippen molar-refractivity contribution in [3.63, 3.8) is 0 Å². The van der Waals surface area contributed by atoms with Crippen LogP contribution in [0.4, 0.5) is 4.39 Å². The highest BCUT2D eigenvalue weighted by atomic mass is 35.5. The molecule has 0 atom stereocenters. The zero-order valence-corrected chi connectivity index (χ0v) is 51.7. The molecule has 0 amide bonds. The second-order valence-electron chi connectivity index (χ2n) is 19.3. The van der Waals surface area contributed by atoms with Crippen LogP contribution in [-0.4, -0.2) is 15.3 Å². The van der Waals surface area contributed by atoms with Crippen LogP contribution in [-0.2, 0) is 0 Å². The van der Waals surface area contributed by atoms with Crippen LogP contribution in [0.25, 0.3) is 0 Å². The summed E-state index contributed by atoms with van der Waals surface area (Å²) in [7, 11) is 0. The lowest BCUT2D eigenvalue weighted by molar-refractivity contribution is 0.102. The first-order chi connectivity index (χ1) is 33.3. The van der Waals surface area contributed by atoms with E-state index >= 15 is 0 Å². The van der Waals surface area contributed by atoms with Gasteiger partial charge in [-0.25, -0.2) is 4.98 Å². The molecule has 8 heterocycles. The molecule has 71 heavy (non-hydrogen) atoms. The summed E-state index contributed by atoms with van der Waals surface area (Å²) in [5.74, 6) is 4.46. The van der Waals surface area contributed by atoms with E-state index in [1.165, 1.54) is 52.9 Å². The molecule has 8 rings (SSSR count). The zero-order chi connectivity index (χ0) is 53.8. The van der Waals surface area contributed by atoms with Gasteiger partial charge < -0.3 is 8.98 Å². The normalized spacial score (nSPS) is 10.5. The molecular weight excluding hydrogens is 1020 g/mol. The van der Waals surface area contributed by atoms with Crippen molar-refractivity contribution in [2.45, 2.75) is 179 Å². The minimum atomic E-state index is -0.0845. The number of hydrogen-bond donors (Lipinski definition) is 0. The fourth-order valence-corrected chi connectivity index (χ4v) is 10.6. The lowest BCUT2D eigenvalue weighted by Gasteiger charge is -2.02. The summed E-state index contributed by atoms with van der Waals surface area (Å²) in [5.41, 5.74) is 3.81. The first-order valence-electron chi connectivity index (χ1n) is 24.6. The number of imidazole rings is 1. The molecule has 8 aromatic rings. The van der Waals surface area contributed by atoms with Crippen molar-refractivity contribution >= 4 is 85.4 Å². The van der Waals surface area contributed by atoms with E-state index in [2.05, 4.69) is 180 Å². The summed E-state index contributed by atoms with van der Waals surface area (Å²) >= 11 is 15.7. The molecule has 0 aliphatic rings. The third-order valence-electron chi connectivity index (χ3n) is 10.1. The predicted molar refractivity (Wildman–Crippen MR) is 320 cm³/mol. The molecule has 4 nitrogen and oxygen atoms in total. The second-order valence-corrected chi connectivity index (χ2v) is 26.3. The van der Waals surface area contributed by atoms with E-state index in [0.717, 1.165) is 19.8 Å². The molecule has 0 fully saturated rings. The monoisotopic (exact) mass is 1100 g/mol. The average molecular weight is 1100 g/mol. The van der Waals surface area contributed by atoms with Crippen LogP contribution in [0.2, 0.25) is 4.34 Å². The van der Waals surface area contributed by atoms with Gasteiger partial charge in [-0.2, -0.15) is 15.7 Å². The molecule has 392 valence electrons. The summed E-state index contributed by atoms with van der Waals surface area (Å²) in [6.45, 7) is 40.4. The Balaban J connectivity index is 0.000000406. The van der Waals surface area contributed by atoms with Gasteiger partial charge in [0.2, 0.25) is 0 Å². The first kappa shape index (κ1) is 65.6. The fourth-order valence-electron chi connectivity index (χ4n) is 5.44. The quantitative estimate of drug-likeness (QED) is 0.135. The maximum atomic E-state index is 12.3. The number of carbonyl (C=O) groups is 1. The van der Waals surface area contributed by atoms with Crippen LogP contribution in [0.3, 0.4) is 0 Å². The number of furan rings is 1. The average Bonchev–Trinajstić information content (AvgIpc) is 4.16. The number of carbonyl (C=O) groups excluding carboxylic acids is 1. The number of Topliss-reactive ketones (excluding diaryl/α,β-unsaturated/α-hetero) is 1. The van der Waals surface area contributed by atoms with E-state index in [0.29, 0.717) is 47.5 Å². The van der Waals surface area contributed by atoms with E-state index in [1.807, 2.05) is 72.5 Å². The number of halogens is 2. The second kappa shape index (κ2) is 35.7. The van der Waals surface area contributed by atoms with Gasteiger partial charge >= 0.3 is 0 Å². The summed E-state index contributed by atoms with van der Waals surface area (Å²) in [5, 5.41) is 6.36. The highest BCUT2D eigenvalue weighted by Gasteiger charge is 2.07. The van der Waals surface area contributed by atoms with Crippen LogP contribution in [0, 0.1) is 19.0 Å². The molecule has 0 unspecified atom stereocenters. The molecule has 0 radical (unpaired) electrons. The molecule has 0 bridgehead atoms. The van der Waals surface area contributed by atoms with Crippen molar-refractivity contribution in [2.75, 3.05) is 0 Å². The Morgan fingerprint density at radius 1 is 0.592 bits per heavy atom. The Hall–Kier alpha value is -3.42. The summed E-state index contributed by atoms with van der Waals surface area (Å²) in [6, 6.07) is 24.7. The van der Waals surface area contributed by atoms with Crippen molar-refractivity contribution in [3.05, 3.63) is 174 Å². The van der Waals surface area contributed by atoms with Crippen molar-refractivity contribution < 1.29 is 13.6 Å². The molecule has 0 saturated heterocycles. The van der Waals surface area contributed by atoms with Gasteiger partial charge in [-0.05, 0) is 170 Å². The van der Waals surface area contributed by atoms with E-state index in [-0.39, 0.29) is 10.9 Å². The Kier molecular flexibility index (Phi) is 33.0. The Bertz CT molecular complexity index is 2220. The zero-order valence-electron chi connectivity index (χ0n) is 46.0. The van der Waals surface area contributed by atoms with Crippen molar-refractivity contribution in [2.24, 2.45) is 0 Å². The molecule has 0 saturated carbocycles. The number of aryl methyl sites for hydroxylation is 2. The van der Waals surface area contributed by atoms with Crippen molar-refractivity contribution in [1.29, 1.82) is 0 Å². The van der Waals surface area contributed by atoms with E-state index in [4.69, 9.17) is 16.0 Å². The minimum Gasteiger partial charge on any atom is -0.472 e. The van der Waals surface area contributed by atoms with Gasteiger partial charge in [0.15, 0.2) is 10.9 Å². The number of thiophene rings is 6. The summed E-state index contributed by atoms with van der Waals surface area (Å²) in [6.07, 6.45) is 7.39. The van der Waals surface area contributed by atoms with Gasteiger partial charge in [0.1, 0.15) is 0 Å². The summed E-state index contributed by atoms with van der Waals surface area (Å²) in [4.78, 5) is 24.0.